The van der Waals surface area contributed by atoms with Crippen LogP contribution in [0.1, 0.15) is 79.8 Å². The number of imide groups is 1. The van der Waals surface area contributed by atoms with Crippen molar-refractivity contribution in [3.8, 4) is 11.8 Å². The standard InChI is InChI=1S/C44H46F3N7O5S/c1-2-29-20-31(54-42(60)53(41(58)43(54)13-4-14-43)34-21-36(44(45,46)47)37(22-48)49-23-34)10-11-38(29)59-16-15-51-24-33-9-8-32(51)25-52(33)26-35(55)19-28-6-3-5-27(17-28)18-30-7-12-39(56)50-40(30)57/h3,5-6,10-11,17,20-21,23,30,32-33H,2,4,7-9,12-16,18-19,24-26H2,1H3,(H,50,56,57)/t30?,32-,33-/m1/s1. The first-order valence-electron chi connectivity index (χ1n) is 20.6. The van der Waals surface area contributed by atoms with Crippen LogP contribution in [0, 0.1) is 17.2 Å². The maximum Gasteiger partial charge on any atom is 0.419 e. The molecule has 6 fully saturated rings. The Kier molecular flexibility index (Phi) is 11.5. The summed E-state index contributed by atoms with van der Waals surface area (Å²) >= 11 is 5.81. The lowest BCUT2D eigenvalue weighted by Gasteiger charge is -2.51. The van der Waals surface area contributed by atoms with Gasteiger partial charge in [-0.25, -0.2) is 4.98 Å². The third-order valence-corrected chi connectivity index (χ3v) is 13.2. The number of halogens is 3. The quantitative estimate of drug-likeness (QED) is 0.172. The minimum Gasteiger partial charge on any atom is -0.492 e. The molecule has 60 heavy (non-hydrogen) atoms. The second-order valence-corrected chi connectivity index (χ2v) is 16.9. The Balaban J connectivity index is 0.864. The fraction of sp³-hybridized carbons (Fsp3) is 0.477. The largest absolute Gasteiger partial charge is 0.492 e. The number of nitrogens with one attached hydrogen (secondary N) is 1. The highest BCUT2D eigenvalue weighted by atomic mass is 32.1. The van der Waals surface area contributed by atoms with Gasteiger partial charge in [-0.05, 0) is 105 Å². The average molecular weight is 842 g/mol. The van der Waals surface area contributed by atoms with Crippen LogP contribution in [0.25, 0.3) is 0 Å². The number of amides is 3. The lowest BCUT2D eigenvalue weighted by molar-refractivity contribution is -0.138. The third kappa shape index (κ3) is 8.02. The molecular formula is C44H46F3N7O5S. The van der Waals surface area contributed by atoms with Crippen molar-refractivity contribution in [1.29, 1.82) is 5.26 Å². The zero-order chi connectivity index (χ0) is 42.3. The van der Waals surface area contributed by atoms with Crippen molar-refractivity contribution in [1.82, 2.24) is 20.1 Å². The second-order valence-electron chi connectivity index (χ2n) is 16.5. The number of thiocarbonyl (C=S) groups is 1. The Morgan fingerprint density at radius 3 is 2.43 bits per heavy atom. The molecule has 6 heterocycles. The van der Waals surface area contributed by atoms with Crippen LogP contribution in [-0.4, -0.2) is 93.8 Å². The van der Waals surface area contributed by atoms with Crippen LogP contribution in [0.3, 0.4) is 0 Å². The van der Waals surface area contributed by atoms with E-state index in [0.29, 0.717) is 75.6 Å². The van der Waals surface area contributed by atoms with Gasteiger partial charge in [0.25, 0.3) is 5.91 Å². The number of alkyl halides is 3. The number of ether oxygens (including phenoxy) is 1. The number of hydrogen-bond acceptors (Lipinski definition) is 10. The van der Waals surface area contributed by atoms with Crippen LogP contribution in [0.5, 0.6) is 5.75 Å². The maximum atomic E-state index is 14.0. The highest BCUT2D eigenvalue weighted by Crippen LogP contribution is 2.49. The molecule has 1 unspecified atom stereocenters. The van der Waals surface area contributed by atoms with E-state index in [1.165, 1.54) is 6.07 Å². The van der Waals surface area contributed by atoms with Gasteiger partial charge >= 0.3 is 6.18 Å². The number of nitrogens with zero attached hydrogens (tertiary/aromatic N) is 6. The normalized spacial score (nSPS) is 22.9. The molecule has 3 atom stereocenters. The number of nitriles is 1. The number of ketones is 1. The number of aromatic nitrogens is 1. The summed E-state index contributed by atoms with van der Waals surface area (Å²) in [5.41, 5.74) is 0.321. The van der Waals surface area contributed by atoms with Crippen LogP contribution in [0.2, 0.25) is 0 Å². The van der Waals surface area contributed by atoms with Crippen molar-refractivity contribution in [2.75, 3.05) is 42.6 Å². The predicted octanol–water partition coefficient (Wildman–Crippen LogP) is 5.53. The summed E-state index contributed by atoms with van der Waals surface area (Å²) in [6.07, 6.45) is 2.44. The molecule has 2 bridgehead atoms. The lowest BCUT2D eigenvalue weighted by atomic mass is 9.75. The van der Waals surface area contributed by atoms with E-state index in [2.05, 4.69) is 20.1 Å². The fourth-order valence-electron chi connectivity index (χ4n) is 9.55. The van der Waals surface area contributed by atoms with E-state index in [1.807, 2.05) is 49.4 Å². The SMILES string of the molecule is CCc1cc(N2C(=S)N(c3cnc(C#N)c(C(F)(F)F)c3)C(=O)C23CCC3)ccc1OCCN1C[C@H]2CC[C@@H]1CN2CC(=O)Cc1cccc(CC2CCC(=O)NC2=O)c1. The summed E-state index contributed by atoms with van der Waals surface area (Å²) in [6.45, 7) is 5.22. The highest BCUT2D eigenvalue weighted by Gasteiger charge is 2.60. The van der Waals surface area contributed by atoms with Gasteiger partial charge in [-0.15, -0.1) is 0 Å². The molecule has 5 saturated heterocycles. The zero-order valence-electron chi connectivity index (χ0n) is 33.3. The fourth-order valence-corrected chi connectivity index (χ4v) is 10.0. The Bertz CT molecular complexity index is 2280. The molecule has 12 nitrogen and oxygen atoms in total. The number of fused-ring (bicyclic) bond motifs is 3. The van der Waals surface area contributed by atoms with Crippen molar-refractivity contribution < 1.29 is 37.1 Å². The first-order valence-corrected chi connectivity index (χ1v) is 21.0. The van der Waals surface area contributed by atoms with E-state index in [0.717, 1.165) is 72.8 Å². The monoisotopic (exact) mass is 841 g/mol. The number of anilines is 2. The smallest absolute Gasteiger partial charge is 0.419 e. The van der Waals surface area contributed by atoms with Gasteiger partial charge in [0.2, 0.25) is 11.8 Å². The molecule has 16 heteroatoms. The predicted molar refractivity (Wildman–Crippen MR) is 219 cm³/mol. The Hall–Kier alpha value is -5.24. The van der Waals surface area contributed by atoms with Gasteiger partial charge < -0.3 is 9.64 Å². The van der Waals surface area contributed by atoms with Crippen molar-refractivity contribution in [3.05, 3.63) is 82.7 Å². The maximum absolute atomic E-state index is 14.0. The highest BCUT2D eigenvalue weighted by molar-refractivity contribution is 7.81. The number of aryl methyl sites for hydroxylation is 1. The van der Waals surface area contributed by atoms with E-state index in [1.54, 1.807) is 4.90 Å². The van der Waals surface area contributed by atoms with Crippen LogP contribution >= 0.6 is 12.2 Å². The van der Waals surface area contributed by atoms with Crippen molar-refractivity contribution in [2.24, 2.45) is 5.92 Å². The molecule has 6 aliphatic rings. The molecular weight excluding hydrogens is 796 g/mol. The molecule has 1 spiro atoms. The van der Waals surface area contributed by atoms with E-state index in [-0.39, 0.29) is 40.4 Å². The molecule has 2 aromatic carbocycles. The summed E-state index contributed by atoms with van der Waals surface area (Å²) in [5.74, 6) is -0.252. The summed E-state index contributed by atoms with van der Waals surface area (Å²) in [6, 6.07) is 16.3. The van der Waals surface area contributed by atoms with Gasteiger partial charge in [-0.2, -0.15) is 18.4 Å². The molecule has 314 valence electrons. The number of benzene rings is 2. The van der Waals surface area contributed by atoms with Crippen molar-refractivity contribution in [3.63, 3.8) is 0 Å². The van der Waals surface area contributed by atoms with Crippen LogP contribution < -0.4 is 19.9 Å². The summed E-state index contributed by atoms with van der Waals surface area (Å²) in [4.78, 5) is 62.4. The number of rotatable bonds is 13. The minimum atomic E-state index is -4.84. The van der Waals surface area contributed by atoms with Gasteiger partial charge in [-0.1, -0.05) is 31.2 Å². The Labute approximate surface area is 351 Å². The number of Topliss-reactive ketones (excluding diaryl/α,β-unsaturated/α-hetero) is 1. The van der Waals surface area contributed by atoms with Gasteiger partial charge in [0.05, 0.1) is 24.0 Å². The first kappa shape index (κ1) is 41.5. The Morgan fingerprint density at radius 1 is 1.02 bits per heavy atom. The molecule has 1 aliphatic carbocycles. The average Bonchev–Trinajstić information content (AvgIpc) is 3.45. The second kappa shape index (κ2) is 16.7. The topological polar surface area (TPSA) is 139 Å². The summed E-state index contributed by atoms with van der Waals surface area (Å²) < 4.78 is 47.9. The first-order chi connectivity index (χ1) is 28.8. The van der Waals surface area contributed by atoms with Gasteiger partial charge in [0.15, 0.2) is 16.6 Å². The molecule has 1 N–H and O–H groups in total. The number of carbonyl (C=O) groups is 4. The molecule has 3 amide bonds. The lowest BCUT2D eigenvalue weighted by Crippen LogP contribution is -2.63. The van der Waals surface area contributed by atoms with Crippen LogP contribution in [0.4, 0.5) is 24.5 Å². The summed E-state index contributed by atoms with van der Waals surface area (Å²) in [5, 5.41) is 11.7. The van der Waals surface area contributed by atoms with Crippen LogP contribution in [0.15, 0.2) is 54.7 Å². The van der Waals surface area contributed by atoms with Gasteiger partial charge in [0.1, 0.15) is 24.0 Å². The number of hydrogen-bond donors (Lipinski definition) is 1. The van der Waals surface area contributed by atoms with Crippen molar-refractivity contribution >= 4 is 52.2 Å². The van der Waals surface area contributed by atoms with E-state index in [4.69, 9.17) is 17.0 Å². The molecule has 1 saturated carbocycles. The van der Waals surface area contributed by atoms with Gasteiger partial charge in [0, 0.05) is 56.2 Å². The summed E-state index contributed by atoms with van der Waals surface area (Å²) in [7, 11) is 0. The van der Waals surface area contributed by atoms with Gasteiger partial charge in [-0.3, -0.25) is 39.2 Å². The molecule has 5 aliphatic heterocycles. The molecule has 0 radical (unpaired) electrons. The minimum absolute atomic E-state index is 0.0576. The zero-order valence-corrected chi connectivity index (χ0v) is 34.1. The number of pyridine rings is 1. The molecule has 3 aromatic rings. The number of piperidine rings is 3. The van der Waals surface area contributed by atoms with E-state index >= 15 is 0 Å². The third-order valence-electron chi connectivity index (χ3n) is 12.8. The van der Waals surface area contributed by atoms with E-state index in [9.17, 15) is 37.6 Å². The van der Waals surface area contributed by atoms with E-state index < -0.39 is 28.9 Å². The Morgan fingerprint density at radius 2 is 1.77 bits per heavy atom. The number of carbonyl (C=O) groups excluding carboxylic acids is 4. The van der Waals surface area contributed by atoms with Crippen LogP contribution in [-0.2, 0) is 44.6 Å². The van der Waals surface area contributed by atoms with Crippen molar-refractivity contribution in [2.45, 2.75) is 94.9 Å². The molecule has 9 rings (SSSR count). The molecule has 1 aromatic heterocycles. The number of piperazine rings is 1.